The number of fused-ring (bicyclic) bond motifs is 1. The van der Waals surface area contributed by atoms with Crippen LogP contribution in [0, 0.1) is 0 Å². The summed E-state index contributed by atoms with van der Waals surface area (Å²) < 4.78 is 2.15. The molecular formula is C9H15N3O. The summed E-state index contributed by atoms with van der Waals surface area (Å²) in [4.78, 5) is 4.27. The molecular weight excluding hydrogens is 166 g/mol. The van der Waals surface area contributed by atoms with Gasteiger partial charge >= 0.3 is 0 Å². The van der Waals surface area contributed by atoms with Crippen LogP contribution >= 0.6 is 0 Å². The number of hydrogen-bond acceptors (Lipinski definition) is 3. The first kappa shape index (κ1) is 8.72. The van der Waals surface area contributed by atoms with Gasteiger partial charge in [-0.3, -0.25) is 0 Å². The summed E-state index contributed by atoms with van der Waals surface area (Å²) in [6.45, 7) is 3.46. The summed E-state index contributed by atoms with van der Waals surface area (Å²) in [5.41, 5.74) is 0. The Morgan fingerprint density at radius 2 is 2.69 bits per heavy atom. The molecule has 1 unspecified atom stereocenters. The van der Waals surface area contributed by atoms with Crippen molar-refractivity contribution in [3.8, 4) is 0 Å². The van der Waals surface area contributed by atoms with E-state index in [4.69, 9.17) is 5.11 Å². The number of hydrogen-bond donors (Lipinski definition) is 2. The predicted octanol–water partition coefficient (Wildman–Crippen LogP) is 0.298. The van der Waals surface area contributed by atoms with E-state index >= 15 is 0 Å². The summed E-state index contributed by atoms with van der Waals surface area (Å²) in [6, 6.07) is 0.324. The van der Waals surface area contributed by atoms with Gasteiger partial charge in [-0.15, -0.1) is 0 Å². The molecule has 0 spiro atoms. The zero-order valence-corrected chi connectivity index (χ0v) is 7.77. The molecule has 1 aromatic heterocycles. The second-order valence-electron chi connectivity index (χ2n) is 3.58. The molecule has 0 radical (unpaired) electrons. The molecule has 2 atom stereocenters. The lowest BCUT2D eigenvalue weighted by Gasteiger charge is -2.12. The first-order chi connectivity index (χ1) is 6.27. The highest BCUT2D eigenvalue weighted by atomic mass is 16.3. The third kappa shape index (κ3) is 1.73. The van der Waals surface area contributed by atoms with Crippen LogP contribution in [0.2, 0.25) is 0 Å². The summed E-state index contributed by atoms with van der Waals surface area (Å²) in [7, 11) is 0. The minimum Gasteiger partial charge on any atom is -0.392 e. The fourth-order valence-corrected chi connectivity index (χ4v) is 1.72. The van der Waals surface area contributed by atoms with Crippen LogP contribution in [0.5, 0.6) is 0 Å². The van der Waals surface area contributed by atoms with Crippen molar-refractivity contribution >= 4 is 0 Å². The van der Waals surface area contributed by atoms with E-state index in [9.17, 15) is 0 Å². The van der Waals surface area contributed by atoms with Crippen molar-refractivity contribution in [3.05, 3.63) is 18.2 Å². The van der Waals surface area contributed by atoms with Gasteiger partial charge in [0.1, 0.15) is 5.82 Å². The van der Waals surface area contributed by atoms with Crippen molar-refractivity contribution in [1.29, 1.82) is 0 Å². The van der Waals surface area contributed by atoms with Crippen molar-refractivity contribution in [2.75, 3.05) is 6.54 Å². The molecule has 4 heteroatoms. The summed E-state index contributed by atoms with van der Waals surface area (Å²) in [5, 5.41) is 12.4. The summed E-state index contributed by atoms with van der Waals surface area (Å²) in [5.74, 6) is 1.10. The smallest absolute Gasteiger partial charge is 0.125 e. The maximum atomic E-state index is 9.12. The Bertz CT molecular complexity index is 282. The number of aromatic nitrogens is 2. The van der Waals surface area contributed by atoms with Gasteiger partial charge in [-0.2, -0.15) is 0 Å². The lowest BCUT2D eigenvalue weighted by atomic mass is 10.2. The van der Waals surface area contributed by atoms with Crippen LogP contribution in [0.15, 0.2) is 12.4 Å². The van der Waals surface area contributed by atoms with E-state index in [1.54, 1.807) is 6.92 Å². The number of aliphatic hydroxyl groups is 1. The Labute approximate surface area is 77.6 Å². The van der Waals surface area contributed by atoms with Crippen LogP contribution in [-0.2, 0) is 6.54 Å². The average Bonchev–Trinajstić information content (AvgIpc) is 2.60. The molecule has 2 rings (SSSR count). The zero-order valence-electron chi connectivity index (χ0n) is 7.77. The molecule has 1 aromatic rings. The highest BCUT2D eigenvalue weighted by Crippen LogP contribution is 2.22. The highest BCUT2D eigenvalue weighted by molar-refractivity contribution is 5.04. The molecule has 1 aliphatic rings. The second kappa shape index (κ2) is 3.47. The Kier molecular flexibility index (Phi) is 2.33. The average molecular weight is 181 g/mol. The molecule has 0 bridgehead atoms. The predicted molar refractivity (Wildman–Crippen MR) is 49.3 cm³/mol. The second-order valence-corrected chi connectivity index (χ2v) is 3.58. The minimum absolute atomic E-state index is 0.288. The van der Waals surface area contributed by atoms with Gasteiger partial charge in [0, 0.05) is 25.5 Å². The maximum Gasteiger partial charge on any atom is 0.125 e. The Morgan fingerprint density at radius 3 is 3.46 bits per heavy atom. The molecule has 13 heavy (non-hydrogen) atoms. The molecule has 2 N–H and O–H groups in total. The number of imidazole rings is 1. The number of nitrogens with zero attached hydrogens (tertiary/aromatic N) is 2. The standard InChI is InChI=1S/C9H15N3O/c1-7(13)6-11-8-2-4-12-5-3-10-9(8)12/h3,5,7-8,11,13H,2,4,6H2,1H3/t7-,8?/m1/s1. The van der Waals surface area contributed by atoms with Crippen molar-refractivity contribution in [3.63, 3.8) is 0 Å². The molecule has 1 aliphatic heterocycles. The number of aliphatic hydroxyl groups excluding tert-OH is 1. The van der Waals surface area contributed by atoms with Crippen molar-refractivity contribution in [2.24, 2.45) is 0 Å². The third-order valence-corrected chi connectivity index (χ3v) is 2.38. The topological polar surface area (TPSA) is 50.1 Å². The van der Waals surface area contributed by atoms with Gasteiger partial charge < -0.3 is 15.0 Å². The largest absolute Gasteiger partial charge is 0.392 e. The van der Waals surface area contributed by atoms with Crippen molar-refractivity contribution in [2.45, 2.75) is 32.0 Å². The van der Waals surface area contributed by atoms with E-state index in [2.05, 4.69) is 14.9 Å². The fourth-order valence-electron chi connectivity index (χ4n) is 1.72. The first-order valence-corrected chi connectivity index (χ1v) is 4.70. The molecule has 0 aromatic carbocycles. The fraction of sp³-hybridized carbons (Fsp3) is 0.667. The summed E-state index contributed by atoms with van der Waals surface area (Å²) >= 11 is 0. The van der Waals surface area contributed by atoms with Gasteiger partial charge in [0.05, 0.1) is 12.1 Å². The van der Waals surface area contributed by atoms with Crippen LogP contribution < -0.4 is 5.32 Å². The van der Waals surface area contributed by atoms with Gasteiger partial charge in [0.2, 0.25) is 0 Å². The molecule has 72 valence electrons. The monoisotopic (exact) mass is 181 g/mol. The van der Waals surface area contributed by atoms with E-state index in [1.165, 1.54) is 0 Å². The van der Waals surface area contributed by atoms with Crippen LogP contribution in [0.25, 0.3) is 0 Å². The molecule has 4 nitrogen and oxygen atoms in total. The van der Waals surface area contributed by atoms with E-state index in [-0.39, 0.29) is 6.10 Å². The van der Waals surface area contributed by atoms with Crippen LogP contribution in [0.3, 0.4) is 0 Å². The number of nitrogens with one attached hydrogen (secondary N) is 1. The normalized spacial score (nSPS) is 23.1. The SMILES string of the molecule is C[C@@H](O)CNC1CCn2ccnc21. The van der Waals surface area contributed by atoms with Crippen LogP contribution in [0.1, 0.15) is 25.2 Å². The first-order valence-electron chi connectivity index (χ1n) is 4.70. The third-order valence-electron chi connectivity index (χ3n) is 2.38. The van der Waals surface area contributed by atoms with Gasteiger partial charge in [-0.1, -0.05) is 0 Å². The molecule has 0 amide bonds. The molecule has 0 aliphatic carbocycles. The number of rotatable bonds is 3. The quantitative estimate of drug-likeness (QED) is 0.705. The lowest BCUT2D eigenvalue weighted by Crippen LogP contribution is -2.27. The molecule has 0 fully saturated rings. The maximum absolute atomic E-state index is 9.12. The van der Waals surface area contributed by atoms with Gasteiger partial charge in [-0.25, -0.2) is 4.98 Å². The van der Waals surface area contributed by atoms with Gasteiger partial charge in [-0.05, 0) is 13.3 Å². The Hall–Kier alpha value is -0.870. The molecule has 0 saturated heterocycles. The lowest BCUT2D eigenvalue weighted by molar-refractivity contribution is 0.186. The van der Waals surface area contributed by atoms with Crippen LogP contribution in [0.4, 0.5) is 0 Å². The Balaban J connectivity index is 1.96. The molecule has 2 heterocycles. The highest BCUT2D eigenvalue weighted by Gasteiger charge is 2.22. The number of aryl methyl sites for hydroxylation is 1. The van der Waals surface area contributed by atoms with E-state index in [1.807, 2.05) is 12.4 Å². The van der Waals surface area contributed by atoms with Crippen molar-refractivity contribution < 1.29 is 5.11 Å². The zero-order chi connectivity index (χ0) is 9.26. The van der Waals surface area contributed by atoms with E-state index in [0.717, 1.165) is 18.8 Å². The van der Waals surface area contributed by atoms with E-state index in [0.29, 0.717) is 12.6 Å². The minimum atomic E-state index is -0.288. The Morgan fingerprint density at radius 1 is 1.85 bits per heavy atom. The van der Waals surface area contributed by atoms with Crippen molar-refractivity contribution in [1.82, 2.24) is 14.9 Å². The van der Waals surface area contributed by atoms with Crippen LogP contribution in [-0.4, -0.2) is 27.3 Å². The summed E-state index contributed by atoms with van der Waals surface area (Å²) in [6.07, 6.45) is 4.62. The molecule has 0 saturated carbocycles. The van der Waals surface area contributed by atoms with Gasteiger partial charge in [0.25, 0.3) is 0 Å². The van der Waals surface area contributed by atoms with E-state index < -0.39 is 0 Å². The van der Waals surface area contributed by atoms with Gasteiger partial charge in [0.15, 0.2) is 0 Å².